The van der Waals surface area contributed by atoms with Crippen LogP contribution in [-0.2, 0) is 0 Å². The summed E-state index contributed by atoms with van der Waals surface area (Å²) in [6, 6.07) is 0. The van der Waals surface area contributed by atoms with Gasteiger partial charge in [-0.3, -0.25) is 0 Å². The van der Waals surface area contributed by atoms with Crippen LogP contribution in [0, 0.1) is 5.92 Å². The van der Waals surface area contributed by atoms with E-state index in [2.05, 4.69) is 17.1 Å². The molecule has 1 aliphatic rings. The van der Waals surface area contributed by atoms with Gasteiger partial charge in [0.15, 0.2) is 0 Å². The molecule has 0 radical (unpaired) electrons. The van der Waals surface area contributed by atoms with Crippen LogP contribution >= 0.6 is 0 Å². The number of nitrogens with one attached hydrogen (secondary N) is 1. The maximum absolute atomic E-state index is 3.25. The van der Waals surface area contributed by atoms with Crippen molar-refractivity contribution in [1.29, 1.82) is 0 Å². The van der Waals surface area contributed by atoms with Crippen molar-refractivity contribution in [3.63, 3.8) is 0 Å². The van der Waals surface area contributed by atoms with Gasteiger partial charge >= 0.3 is 0 Å². The summed E-state index contributed by atoms with van der Waals surface area (Å²) in [5, 5.41) is 3.25. The highest BCUT2D eigenvalue weighted by Crippen LogP contribution is 2.11. The normalized spacial score (nSPS) is 21.3. The summed E-state index contributed by atoms with van der Waals surface area (Å²) in [7, 11) is 2.04. The molecule has 0 aromatic heterocycles. The van der Waals surface area contributed by atoms with Crippen molar-refractivity contribution in [3.8, 4) is 0 Å². The van der Waals surface area contributed by atoms with Crippen molar-refractivity contribution in [2.75, 3.05) is 33.2 Å². The Kier molecular flexibility index (Phi) is 3.87. The van der Waals surface area contributed by atoms with Gasteiger partial charge in [-0.05, 0) is 39.0 Å². The summed E-state index contributed by atoms with van der Waals surface area (Å²) in [4.78, 5) is 2.55. The van der Waals surface area contributed by atoms with Gasteiger partial charge in [0.1, 0.15) is 0 Å². The van der Waals surface area contributed by atoms with E-state index in [1.807, 2.05) is 7.05 Å². The second-order valence-electron chi connectivity index (χ2n) is 3.49. The van der Waals surface area contributed by atoms with E-state index < -0.39 is 0 Å². The Labute approximate surface area is 70.0 Å². The van der Waals surface area contributed by atoms with Crippen LogP contribution in [0.4, 0.5) is 0 Å². The first-order valence-corrected chi connectivity index (χ1v) is 4.73. The number of likely N-dealkylation sites (tertiary alicyclic amines) is 1. The summed E-state index contributed by atoms with van der Waals surface area (Å²) in [5.74, 6) is 0.861. The van der Waals surface area contributed by atoms with E-state index >= 15 is 0 Å². The zero-order valence-corrected chi connectivity index (χ0v) is 7.77. The highest BCUT2D eigenvalue weighted by molar-refractivity contribution is 4.72. The van der Waals surface area contributed by atoms with Crippen LogP contribution in [0.15, 0.2) is 0 Å². The molecular weight excluding hydrogens is 136 g/mol. The Bertz CT molecular complexity index is 99.7. The molecule has 2 nitrogen and oxygen atoms in total. The van der Waals surface area contributed by atoms with Crippen LogP contribution in [0.3, 0.4) is 0 Å². The molecule has 0 spiro atoms. The minimum Gasteiger partial charge on any atom is -0.319 e. The summed E-state index contributed by atoms with van der Waals surface area (Å²) in [6.45, 7) is 7.42. The molecule has 1 atom stereocenters. The lowest BCUT2D eigenvalue weighted by Gasteiger charge is -2.33. The van der Waals surface area contributed by atoms with E-state index in [9.17, 15) is 0 Å². The van der Waals surface area contributed by atoms with Gasteiger partial charge in [-0.25, -0.2) is 0 Å². The summed E-state index contributed by atoms with van der Waals surface area (Å²) in [5.41, 5.74) is 0. The van der Waals surface area contributed by atoms with Gasteiger partial charge in [0.25, 0.3) is 0 Å². The minimum atomic E-state index is 0.861. The smallest absolute Gasteiger partial charge is 0.00217 e. The molecule has 0 aromatic rings. The third kappa shape index (κ3) is 2.80. The largest absolute Gasteiger partial charge is 0.319 e. The molecule has 1 aliphatic heterocycles. The first-order valence-electron chi connectivity index (χ1n) is 4.73. The molecule has 0 amide bonds. The van der Waals surface area contributed by atoms with Crippen LogP contribution in [0.1, 0.15) is 19.8 Å². The molecule has 1 fully saturated rings. The molecule has 1 heterocycles. The van der Waals surface area contributed by atoms with Crippen molar-refractivity contribution in [1.82, 2.24) is 10.2 Å². The zero-order valence-electron chi connectivity index (χ0n) is 7.77. The topological polar surface area (TPSA) is 15.3 Å². The molecule has 1 saturated heterocycles. The first-order chi connectivity index (χ1) is 5.36. The van der Waals surface area contributed by atoms with Crippen molar-refractivity contribution >= 4 is 0 Å². The number of hydrogen-bond donors (Lipinski definition) is 1. The lowest BCUT2D eigenvalue weighted by atomic mass is 10.0. The van der Waals surface area contributed by atoms with Crippen molar-refractivity contribution in [2.45, 2.75) is 19.8 Å². The van der Waals surface area contributed by atoms with Crippen molar-refractivity contribution in [3.05, 3.63) is 0 Å². The second-order valence-corrected chi connectivity index (χ2v) is 3.49. The molecule has 0 saturated carbocycles. The third-order valence-electron chi connectivity index (χ3n) is 2.54. The molecule has 0 aromatic carbocycles. The molecule has 66 valence electrons. The van der Waals surface area contributed by atoms with Crippen LogP contribution < -0.4 is 5.32 Å². The van der Waals surface area contributed by atoms with E-state index in [1.165, 1.54) is 39.0 Å². The third-order valence-corrected chi connectivity index (χ3v) is 2.54. The molecular formula is C9H20N2. The average Bonchev–Trinajstić information content (AvgIpc) is 1.94. The highest BCUT2D eigenvalue weighted by Gasteiger charge is 2.17. The van der Waals surface area contributed by atoms with Gasteiger partial charge in [0.05, 0.1) is 0 Å². The predicted molar refractivity (Wildman–Crippen MR) is 48.8 cm³/mol. The highest BCUT2D eigenvalue weighted by atomic mass is 15.2. The van der Waals surface area contributed by atoms with Gasteiger partial charge in [0, 0.05) is 6.54 Å². The summed E-state index contributed by atoms with van der Waals surface area (Å²) >= 11 is 0. The van der Waals surface area contributed by atoms with Gasteiger partial charge in [-0.2, -0.15) is 0 Å². The zero-order chi connectivity index (χ0) is 8.10. The van der Waals surface area contributed by atoms with Crippen LogP contribution in [0.5, 0.6) is 0 Å². The Morgan fingerprint density at radius 1 is 1.45 bits per heavy atom. The first kappa shape index (κ1) is 9.01. The fraction of sp³-hybridized carbons (Fsp3) is 1.00. The fourth-order valence-electron chi connectivity index (χ4n) is 1.56. The molecule has 0 aliphatic carbocycles. The lowest BCUT2D eigenvalue weighted by molar-refractivity contribution is 0.150. The summed E-state index contributed by atoms with van der Waals surface area (Å²) in [6.07, 6.45) is 2.72. The van der Waals surface area contributed by atoms with E-state index in [0.717, 1.165) is 5.92 Å². The molecule has 1 rings (SSSR count). The molecule has 1 unspecified atom stereocenters. The van der Waals surface area contributed by atoms with Gasteiger partial charge in [-0.1, -0.05) is 13.3 Å². The van der Waals surface area contributed by atoms with E-state index in [0.29, 0.717) is 0 Å². The van der Waals surface area contributed by atoms with Gasteiger partial charge in [0.2, 0.25) is 0 Å². The maximum atomic E-state index is 3.25. The average molecular weight is 156 g/mol. The van der Waals surface area contributed by atoms with Crippen LogP contribution in [-0.4, -0.2) is 38.1 Å². The van der Waals surface area contributed by atoms with Crippen molar-refractivity contribution < 1.29 is 0 Å². The van der Waals surface area contributed by atoms with E-state index in [4.69, 9.17) is 0 Å². The van der Waals surface area contributed by atoms with Crippen LogP contribution in [0.25, 0.3) is 0 Å². The second kappa shape index (κ2) is 4.73. The van der Waals surface area contributed by atoms with Crippen molar-refractivity contribution in [2.24, 2.45) is 5.92 Å². The Balaban J connectivity index is 2.08. The molecule has 11 heavy (non-hydrogen) atoms. The maximum Gasteiger partial charge on any atom is 0.00217 e. The lowest BCUT2D eigenvalue weighted by Crippen LogP contribution is -2.42. The Morgan fingerprint density at radius 3 is 2.55 bits per heavy atom. The molecule has 2 heteroatoms. The standard InChI is InChI=1S/C9H20N2/c1-3-9(7-10-2)8-11-5-4-6-11/h9-10H,3-8H2,1-2H3. The van der Waals surface area contributed by atoms with Gasteiger partial charge < -0.3 is 10.2 Å². The quantitative estimate of drug-likeness (QED) is 0.637. The van der Waals surface area contributed by atoms with E-state index in [-0.39, 0.29) is 0 Å². The number of nitrogens with zero attached hydrogens (tertiary/aromatic N) is 1. The molecule has 0 bridgehead atoms. The van der Waals surface area contributed by atoms with Gasteiger partial charge in [-0.15, -0.1) is 0 Å². The number of rotatable bonds is 5. The Morgan fingerprint density at radius 2 is 2.18 bits per heavy atom. The Hall–Kier alpha value is -0.0800. The summed E-state index contributed by atoms with van der Waals surface area (Å²) < 4.78 is 0. The number of hydrogen-bond acceptors (Lipinski definition) is 2. The molecule has 1 N–H and O–H groups in total. The van der Waals surface area contributed by atoms with E-state index in [1.54, 1.807) is 0 Å². The predicted octanol–water partition coefficient (Wildman–Crippen LogP) is 0.938. The monoisotopic (exact) mass is 156 g/mol. The SMILES string of the molecule is CCC(CNC)CN1CCC1. The van der Waals surface area contributed by atoms with Crippen LogP contribution in [0.2, 0.25) is 0 Å². The fourth-order valence-corrected chi connectivity index (χ4v) is 1.56. The minimum absolute atomic E-state index is 0.861.